The molecule has 1 N–H and O–H groups in total. The molecule has 0 spiro atoms. The molecule has 0 fully saturated rings. The second-order valence-electron chi connectivity index (χ2n) is 5.67. The van der Waals surface area contributed by atoms with E-state index in [1.165, 1.54) is 0 Å². The van der Waals surface area contributed by atoms with Crippen molar-refractivity contribution < 1.29 is 0 Å². The zero-order chi connectivity index (χ0) is 18.5. The van der Waals surface area contributed by atoms with Gasteiger partial charge in [-0.05, 0) is 30.3 Å². The molecule has 0 aliphatic carbocycles. The van der Waals surface area contributed by atoms with Crippen molar-refractivity contribution in [1.29, 1.82) is 0 Å². The molecule has 4 rings (SSSR count). The Kier molecular flexibility index (Phi) is 5.23. The smallest absolute Gasteiger partial charge is 0.183 e. The summed E-state index contributed by atoms with van der Waals surface area (Å²) in [5.74, 6) is 0.589. The molecule has 0 saturated carbocycles. The molecule has 6 heteroatoms. The minimum Gasteiger partial charge on any atom is -0.259 e. The van der Waals surface area contributed by atoms with Crippen molar-refractivity contribution in [2.45, 2.75) is 0 Å². The Morgan fingerprint density at radius 2 is 1.67 bits per heavy atom. The van der Waals surface area contributed by atoms with Gasteiger partial charge in [0.15, 0.2) is 10.8 Å². The number of halogens is 1. The predicted octanol–water partition coefficient (Wildman–Crippen LogP) is 5.65. The van der Waals surface area contributed by atoms with Crippen molar-refractivity contribution in [3.05, 3.63) is 94.5 Å². The summed E-state index contributed by atoms with van der Waals surface area (Å²) in [5.41, 5.74) is 5.62. The van der Waals surface area contributed by atoms with E-state index in [1.807, 2.05) is 78.9 Å². The van der Waals surface area contributed by atoms with Gasteiger partial charge in [0.25, 0.3) is 0 Å². The molecule has 1 heterocycles. The van der Waals surface area contributed by atoms with Crippen molar-refractivity contribution in [2.24, 2.45) is 10.1 Å². The van der Waals surface area contributed by atoms with Gasteiger partial charge in [-0.25, -0.2) is 9.98 Å². The summed E-state index contributed by atoms with van der Waals surface area (Å²) >= 11 is 7.75. The first-order valence-corrected chi connectivity index (χ1v) is 9.52. The number of para-hydroxylation sites is 2. The molecule has 0 aliphatic heterocycles. The molecule has 0 saturated heterocycles. The fourth-order valence-corrected chi connectivity index (χ4v) is 3.56. The van der Waals surface area contributed by atoms with E-state index in [0.29, 0.717) is 10.9 Å². The third-order valence-electron chi connectivity index (χ3n) is 3.77. The molecule has 0 aliphatic rings. The number of nitrogens with one attached hydrogen (secondary N) is 1. The Balaban J connectivity index is 1.68. The summed E-state index contributed by atoms with van der Waals surface area (Å²) in [6, 6.07) is 25.3. The minimum absolute atomic E-state index is 0.589. The van der Waals surface area contributed by atoms with E-state index in [-0.39, 0.29) is 0 Å². The number of amidine groups is 1. The lowest BCUT2D eigenvalue weighted by atomic mass is 10.2. The first-order valence-electron chi connectivity index (χ1n) is 8.33. The highest BCUT2D eigenvalue weighted by atomic mass is 35.5. The molecule has 4 aromatic rings. The standard InChI is InChI=1S/C21H15ClN4S/c22-17-11-5-4-8-15(17)14-23-26-20(24-16-9-2-1-3-10-16)21-25-18-12-6-7-13-19(18)27-21/h1-14H,(H,24,26)/b23-14-. The molecule has 27 heavy (non-hydrogen) atoms. The summed E-state index contributed by atoms with van der Waals surface area (Å²) in [6.07, 6.45) is 1.68. The number of benzene rings is 3. The van der Waals surface area contributed by atoms with Crippen LogP contribution >= 0.6 is 22.9 Å². The fraction of sp³-hybridized carbons (Fsp3) is 0. The van der Waals surface area contributed by atoms with E-state index in [9.17, 15) is 0 Å². The number of rotatable bonds is 4. The normalized spacial score (nSPS) is 12.0. The monoisotopic (exact) mass is 390 g/mol. The average Bonchev–Trinajstić information content (AvgIpc) is 3.13. The number of thiazole rings is 1. The van der Waals surface area contributed by atoms with Crippen molar-refractivity contribution in [2.75, 3.05) is 0 Å². The quantitative estimate of drug-likeness (QED) is 0.278. The van der Waals surface area contributed by atoms with Crippen molar-refractivity contribution in [3.8, 4) is 0 Å². The van der Waals surface area contributed by atoms with Gasteiger partial charge >= 0.3 is 0 Å². The lowest BCUT2D eigenvalue weighted by Crippen LogP contribution is -2.18. The van der Waals surface area contributed by atoms with Gasteiger partial charge in [-0.3, -0.25) is 5.43 Å². The lowest BCUT2D eigenvalue weighted by Gasteiger charge is -2.03. The number of nitrogens with zero attached hydrogens (tertiary/aromatic N) is 3. The first kappa shape index (κ1) is 17.4. The van der Waals surface area contributed by atoms with Gasteiger partial charge in [0.2, 0.25) is 0 Å². The molecule has 4 nitrogen and oxygen atoms in total. The van der Waals surface area contributed by atoms with E-state index < -0.39 is 0 Å². The topological polar surface area (TPSA) is 49.6 Å². The third kappa shape index (κ3) is 4.22. The molecular weight excluding hydrogens is 376 g/mol. The Morgan fingerprint density at radius 1 is 0.926 bits per heavy atom. The molecule has 132 valence electrons. The lowest BCUT2D eigenvalue weighted by molar-refractivity contribution is 1.03. The number of hydrogen-bond donors (Lipinski definition) is 1. The number of hydrazone groups is 1. The van der Waals surface area contributed by atoms with Gasteiger partial charge in [-0.1, -0.05) is 60.1 Å². The molecule has 1 aromatic heterocycles. The highest BCUT2D eigenvalue weighted by Gasteiger charge is 2.10. The van der Waals surface area contributed by atoms with Gasteiger partial charge in [0.1, 0.15) is 0 Å². The first-order chi connectivity index (χ1) is 13.3. The van der Waals surface area contributed by atoms with Crippen LogP contribution in [0.5, 0.6) is 0 Å². The molecule has 3 aromatic carbocycles. The molecular formula is C21H15ClN4S. The number of aliphatic imine (C=N–C) groups is 1. The summed E-state index contributed by atoms with van der Waals surface area (Å²) in [5, 5.41) is 5.74. The molecule has 0 radical (unpaired) electrons. The highest BCUT2D eigenvalue weighted by Crippen LogP contribution is 2.23. The molecule has 0 unspecified atom stereocenters. The zero-order valence-electron chi connectivity index (χ0n) is 14.2. The Hall–Kier alpha value is -3.02. The van der Waals surface area contributed by atoms with E-state index >= 15 is 0 Å². The summed E-state index contributed by atoms with van der Waals surface area (Å²) < 4.78 is 1.10. The van der Waals surface area contributed by atoms with Crippen LogP contribution in [-0.4, -0.2) is 17.0 Å². The number of aromatic nitrogens is 1. The van der Waals surface area contributed by atoms with Crippen LogP contribution in [0.2, 0.25) is 5.02 Å². The second kappa shape index (κ2) is 8.12. The number of hydrogen-bond acceptors (Lipinski definition) is 4. The van der Waals surface area contributed by atoms with Gasteiger partial charge in [-0.15, -0.1) is 11.3 Å². The Labute approximate surface area is 165 Å². The fourth-order valence-electron chi connectivity index (χ4n) is 2.47. The number of fused-ring (bicyclic) bond motifs is 1. The summed E-state index contributed by atoms with van der Waals surface area (Å²) in [6.45, 7) is 0. The van der Waals surface area contributed by atoms with Crippen LogP contribution in [0.4, 0.5) is 5.69 Å². The van der Waals surface area contributed by atoms with Crippen LogP contribution in [0, 0.1) is 0 Å². The predicted molar refractivity (Wildman–Crippen MR) is 114 cm³/mol. The van der Waals surface area contributed by atoms with Crippen molar-refractivity contribution >= 4 is 50.9 Å². The van der Waals surface area contributed by atoms with Crippen LogP contribution in [0.25, 0.3) is 10.2 Å². The molecule has 0 amide bonds. The summed E-state index contributed by atoms with van der Waals surface area (Å²) in [4.78, 5) is 9.36. The van der Waals surface area contributed by atoms with Crippen LogP contribution in [0.3, 0.4) is 0 Å². The Bertz CT molecular complexity index is 1090. The van der Waals surface area contributed by atoms with Crippen molar-refractivity contribution in [3.63, 3.8) is 0 Å². The maximum atomic E-state index is 6.18. The molecule has 0 bridgehead atoms. The van der Waals surface area contributed by atoms with Crippen molar-refractivity contribution in [1.82, 2.24) is 10.4 Å². The maximum Gasteiger partial charge on any atom is 0.183 e. The van der Waals surface area contributed by atoms with Crippen LogP contribution < -0.4 is 5.43 Å². The Morgan fingerprint density at radius 3 is 2.48 bits per heavy atom. The minimum atomic E-state index is 0.589. The maximum absolute atomic E-state index is 6.18. The van der Waals surface area contributed by atoms with Crippen LogP contribution in [-0.2, 0) is 0 Å². The van der Waals surface area contributed by atoms with E-state index in [0.717, 1.165) is 26.5 Å². The zero-order valence-corrected chi connectivity index (χ0v) is 15.8. The van der Waals surface area contributed by atoms with E-state index in [2.05, 4.69) is 20.5 Å². The molecule has 0 atom stereocenters. The second-order valence-corrected chi connectivity index (χ2v) is 7.11. The van der Waals surface area contributed by atoms with E-state index in [1.54, 1.807) is 17.6 Å². The van der Waals surface area contributed by atoms with Gasteiger partial charge in [0.05, 0.1) is 22.1 Å². The highest BCUT2D eigenvalue weighted by molar-refractivity contribution is 7.20. The van der Waals surface area contributed by atoms with Crippen LogP contribution in [0.15, 0.2) is 89.0 Å². The largest absolute Gasteiger partial charge is 0.259 e. The van der Waals surface area contributed by atoms with Crippen LogP contribution in [0.1, 0.15) is 10.6 Å². The summed E-state index contributed by atoms with van der Waals surface area (Å²) in [7, 11) is 0. The van der Waals surface area contributed by atoms with Gasteiger partial charge in [0, 0.05) is 10.6 Å². The average molecular weight is 391 g/mol. The van der Waals surface area contributed by atoms with Gasteiger partial charge in [-0.2, -0.15) is 5.10 Å². The van der Waals surface area contributed by atoms with E-state index in [4.69, 9.17) is 11.6 Å². The third-order valence-corrected chi connectivity index (χ3v) is 5.16. The van der Waals surface area contributed by atoms with Gasteiger partial charge < -0.3 is 0 Å². The SMILES string of the molecule is Clc1ccccc1/C=N\NC(=Nc1ccccc1)c1nc2ccccc2s1.